The quantitative estimate of drug-likeness (QED) is 0.441. The number of benzene rings is 2. The monoisotopic (exact) mass is 415 g/mol. The number of imide groups is 1. The number of phenols is 1. The highest BCUT2D eigenvalue weighted by Crippen LogP contribution is 2.39. The van der Waals surface area contributed by atoms with Gasteiger partial charge < -0.3 is 5.11 Å². The fourth-order valence-electron chi connectivity index (χ4n) is 2.72. The zero-order valence-corrected chi connectivity index (χ0v) is 15.7. The Morgan fingerprint density at radius 2 is 1.83 bits per heavy atom. The molecule has 10 nitrogen and oxygen atoms in total. The van der Waals surface area contributed by atoms with Gasteiger partial charge in [0.2, 0.25) is 5.75 Å². The summed E-state index contributed by atoms with van der Waals surface area (Å²) in [6, 6.07) is 8.73. The van der Waals surface area contributed by atoms with Gasteiger partial charge in [0.05, 0.1) is 27.4 Å². The van der Waals surface area contributed by atoms with Crippen LogP contribution in [0.25, 0.3) is 6.08 Å². The molecule has 1 N–H and O–H groups in total. The van der Waals surface area contributed by atoms with Crippen molar-refractivity contribution in [1.29, 1.82) is 0 Å². The van der Waals surface area contributed by atoms with Crippen molar-refractivity contribution in [3.05, 3.63) is 78.2 Å². The molecule has 0 spiro atoms. The fourth-order valence-corrected chi connectivity index (χ4v) is 3.54. The van der Waals surface area contributed by atoms with Crippen LogP contribution in [0.1, 0.15) is 16.7 Å². The summed E-state index contributed by atoms with van der Waals surface area (Å²) in [7, 11) is 0. The van der Waals surface area contributed by atoms with Crippen LogP contribution in [0.4, 0.5) is 16.2 Å². The van der Waals surface area contributed by atoms with Crippen LogP contribution in [0, 0.1) is 27.2 Å². The number of carbonyl (C=O) groups excluding carboxylic acids is 2. The van der Waals surface area contributed by atoms with Gasteiger partial charge in [0, 0.05) is 11.6 Å². The van der Waals surface area contributed by atoms with E-state index in [-0.39, 0.29) is 17.0 Å². The van der Waals surface area contributed by atoms with Crippen molar-refractivity contribution in [3.8, 4) is 5.75 Å². The Hall–Kier alpha value is -3.73. The van der Waals surface area contributed by atoms with E-state index in [1.807, 2.05) is 19.1 Å². The molecule has 29 heavy (non-hydrogen) atoms. The summed E-state index contributed by atoms with van der Waals surface area (Å²) in [4.78, 5) is 46.1. The first-order chi connectivity index (χ1) is 13.7. The predicted octanol–water partition coefficient (Wildman–Crippen LogP) is 3.75. The van der Waals surface area contributed by atoms with Crippen molar-refractivity contribution in [2.75, 3.05) is 0 Å². The number of amides is 2. The number of nitro benzene ring substituents is 2. The molecule has 1 fully saturated rings. The van der Waals surface area contributed by atoms with Crippen LogP contribution in [-0.2, 0) is 11.3 Å². The minimum atomic E-state index is -0.969. The van der Waals surface area contributed by atoms with E-state index in [2.05, 4.69) is 0 Å². The van der Waals surface area contributed by atoms with Crippen LogP contribution in [0.2, 0.25) is 0 Å². The average molecular weight is 415 g/mol. The Morgan fingerprint density at radius 1 is 1.14 bits per heavy atom. The lowest BCUT2D eigenvalue weighted by Crippen LogP contribution is -2.27. The lowest BCUT2D eigenvalue weighted by atomic mass is 10.1. The number of hydrogen-bond donors (Lipinski definition) is 1. The molecule has 0 radical (unpaired) electrons. The first-order valence-electron chi connectivity index (χ1n) is 8.14. The van der Waals surface area contributed by atoms with Gasteiger partial charge in [-0.05, 0) is 35.9 Å². The van der Waals surface area contributed by atoms with Crippen molar-refractivity contribution < 1.29 is 24.5 Å². The zero-order chi connectivity index (χ0) is 21.3. The maximum atomic E-state index is 12.7. The van der Waals surface area contributed by atoms with E-state index in [1.165, 1.54) is 0 Å². The van der Waals surface area contributed by atoms with Gasteiger partial charge in [-0.25, -0.2) is 0 Å². The van der Waals surface area contributed by atoms with Gasteiger partial charge >= 0.3 is 5.69 Å². The number of hydrogen-bond acceptors (Lipinski definition) is 8. The number of aryl methyl sites for hydroxylation is 1. The zero-order valence-electron chi connectivity index (χ0n) is 14.9. The normalized spacial score (nSPS) is 15.2. The van der Waals surface area contributed by atoms with Crippen LogP contribution in [0.5, 0.6) is 5.75 Å². The van der Waals surface area contributed by atoms with Crippen LogP contribution < -0.4 is 0 Å². The summed E-state index contributed by atoms with van der Waals surface area (Å²) in [6.07, 6.45) is 1.04. The Balaban J connectivity index is 1.98. The van der Waals surface area contributed by atoms with E-state index in [4.69, 9.17) is 0 Å². The number of non-ortho nitro benzene ring substituents is 1. The molecule has 1 aliphatic rings. The lowest BCUT2D eigenvalue weighted by Gasteiger charge is -2.14. The van der Waals surface area contributed by atoms with Crippen LogP contribution >= 0.6 is 11.8 Å². The third-order valence-corrected chi connectivity index (χ3v) is 5.17. The molecule has 0 aliphatic carbocycles. The number of carbonyl (C=O) groups is 2. The third-order valence-electron chi connectivity index (χ3n) is 4.26. The molecule has 1 heterocycles. The molecule has 148 valence electrons. The van der Waals surface area contributed by atoms with E-state index < -0.39 is 38.1 Å². The van der Waals surface area contributed by atoms with Gasteiger partial charge in [0.1, 0.15) is 0 Å². The second-order valence-corrected chi connectivity index (χ2v) is 7.10. The number of nitro groups is 2. The van der Waals surface area contributed by atoms with Crippen LogP contribution in [0.15, 0.2) is 41.3 Å². The first kappa shape index (κ1) is 20.0. The van der Waals surface area contributed by atoms with Gasteiger partial charge in [-0.3, -0.25) is 34.7 Å². The Morgan fingerprint density at radius 3 is 2.45 bits per heavy atom. The van der Waals surface area contributed by atoms with Gasteiger partial charge in [-0.15, -0.1) is 0 Å². The minimum absolute atomic E-state index is 0.0374. The summed E-state index contributed by atoms with van der Waals surface area (Å²) in [5, 5.41) is 31.6. The van der Waals surface area contributed by atoms with Crippen LogP contribution in [-0.4, -0.2) is 31.0 Å². The number of phenolic OH excluding ortho intramolecular Hbond substituents is 1. The number of aromatic hydroxyl groups is 1. The molecule has 2 aromatic carbocycles. The number of nitrogens with zero attached hydrogens (tertiary/aromatic N) is 3. The standard InChI is InChI=1S/C18H13N3O7S/c1-10-4-2-3-5-11(10)9-19-17(23)15(29-18(19)24)7-12-6-13(20(25)26)8-14(16(12)22)21(27)28/h2-8,22H,9H2,1H3/b15-7-. The second kappa shape index (κ2) is 7.72. The average Bonchev–Trinajstić information content (AvgIpc) is 2.92. The fraction of sp³-hybridized carbons (Fsp3) is 0.111. The first-order valence-corrected chi connectivity index (χ1v) is 8.96. The molecule has 1 saturated heterocycles. The topological polar surface area (TPSA) is 144 Å². The maximum absolute atomic E-state index is 12.7. The SMILES string of the molecule is Cc1ccccc1CN1C(=O)S/C(=C\c2cc([N+](=O)[O-])cc([N+](=O)[O-])c2O)C1=O. The van der Waals surface area contributed by atoms with Gasteiger partial charge in [-0.1, -0.05) is 24.3 Å². The molecule has 0 atom stereocenters. The van der Waals surface area contributed by atoms with Crippen molar-refractivity contribution in [3.63, 3.8) is 0 Å². The number of thioether (sulfide) groups is 1. The summed E-state index contributed by atoms with van der Waals surface area (Å²) >= 11 is 0.587. The van der Waals surface area contributed by atoms with E-state index in [0.717, 1.165) is 28.2 Å². The van der Waals surface area contributed by atoms with Crippen molar-refractivity contribution in [2.24, 2.45) is 0 Å². The molecule has 2 aromatic rings. The summed E-state index contributed by atoms with van der Waals surface area (Å²) in [5.41, 5.74) is -0.135. The smallest absolute Gasteiger partial charge is 0.318 e. The molecule has 0 saturated carbocycles. The second-order valence-electron chi connectivity index (χ2n) is 6.11. The van der Waals surface area contributed by atoms with E-state index in [9.17, 15) is 34.9 Å². The molecule has 11 heteroatoms. The highest BCUT2D eigenvalue weighted by atomic mass is 32.2. The highest BCUT2D eigenvalue weighted by molar-refractivity contribution is 8.18. The Bertz CT molecular complexity index is 1100. The molecule has 3 rings (SSSR count). The van der Waals surface area contributed by atoms with Crippen molar-refractivity contribution in [1.82, 2.24) is 4.90 Å². The molecule has 1 aliphatic heterocycles. The van der Waals surface area contributed by atoms with E-state index in [0.29, 0.717) is 17.8 Å². The minimum Gasteiger partial charge on any atom is -0.502 e. The molecule has 2 amide bonds. The maximum Gasteiger partial charge on any atom is 0.318 e. The molecule has 0 unspecified atom stereocenters. The highest BCUT2D eigenvalue weighted by Gasteiger charge is 2.36. The van der Waals surface area contributed by atoms with E-state index >= 15 is 0 Å². The van der Waals surface area contributed by atoms with Crippen LogP contribution in [0.3, 0.4) is 0 Å². The molecule has 0 bridgehead atoms. The van der Waals surface area contributed by atoms with Gasteiger partial charge in [0.25, 0.3) is 16.8 Å². The summed E-state index contributed by atoms with van der Waals surface area (Å²) < 4.78 is 0. The Labute approximate surface area is 167 Å². The summed E-state index contributed by atoms with van der Waals surface area (Å²) in [6.45, 7) is 1.88. The summed E-state index contributed by atoms with van der Waals surface area (Å²) in [5.74, 6) is -1.48. The molecular formula is C18H13N3O7S. The van der Waals surface area contributed by atoms with Gasteiger partial charge in [0.15, 0.2) is 0 Å². The number of rotatable bonds is 5. The molecule has 0 aromatic heterocycles. The van der Waals surface area contributed by atoms with Gasteiger partial charge in [-0.2, -0.15) is 0 Å². The Kier molecular flexibility index (Phi) is 5.33. The lowest BCUT2D eigenvalue weighted by molar-refractivity contribution is -0.394. The predicted molar refractivity (Wildman–Crippen MR) is 104 cm³/mol. The molecular weight excluding hydrogens is 402 g/mol. The van der Waals surface area contributed by atoms with Crippen molar-refractivity contribution >= 4 is 40.4 Å². The van der Waals surface area contributed by atoms with Crippen molar-refractivity contribution in [2.45, 2.75) is 13.5 Å². The largest absolute Gasteiger partial charge is 0.502 e. The van der Waals surface area contributed by atoms with E-state index in [1.54, 1.807) is 12.1 Å². The third kappa shape index (κ3) is 3.94.